The number of fused-ring (bicyclic) bond motifs is 1. The molecule has 4 nitrogen and oxygen atoms in total. The lowest BCUT2D eigenvalue weighted by molar-refractivity contribution is 0.0694. The molecule has 0 aliphatic rings. The molecule has 0 saturated carbocycles. The number of para-hydroxylation sites is 1. The molecule has 16 heavy (non-hydrogen) atoms. The Morgan fingerprint density at radius 2 is 2.12 bits per heavy atom. The molecule has 0 saturated heterocycles. The smallest absolute Gasteiger partial charge is 0.341 e. The van der Waals surface area contributed by atoms with Gasteiger partial charge in [-0.2, -0.15) is 0 Å². The fourth-order valence-electron chi connectivity index (χ4n) is 1.66. The highest BCUT2D eigenvalue weighted by Gasteiger charge is 2.14. The number of hydrogen-bond donors (Lipinski definition) is 1. The van der Waals surface area contributed by atoms with Crippen LogP contribution in [0.4, 0.5) is 4.39 Å². The summed E-state index contributed by atoms with van der Waals surface area (Å²) in [7, 11) is 1.35. The highest BCUT2D eigenvalue weighted by atomic mass is 19.1. The fourth-order valence-corrected chi connectivity index (χ4v) is 1.66. The summed E-state index contributed by atoms with van der Waals surface area (Å²) < 4.78 is 14.5. The number of carbonyl (C=O) groups is 1. The van der Waals surface area contributed by atoms with Gasteiger partial charge >= 0.3 is 5.97 Å². The Balaban J connectivity index is 3.00. The van der Waals surface area contributed by atoms with E-state index in [2.05, 4.69) is 0 Å². The Kier molecular flexibility index (Phi) is 2.23. The zero-order chi connectivity index (χ0) is 11.9. The maximum atomic E-state index is 13.5. The molecular formula is C11H8FNO3. The van der Waals surface area contributed by atoms with Gasteiger partial charge in [0.1, 0.15) is 11.4 Å². The van der Waals surface area contributed by atoms with Crippen LogP contribution in [0.15, 0.2) is 29.1 Å². The number of nitrogens with zero attached hydrogens (tertiary/aromatic N) is 1. The number of benzene rings is 1. The maximum Gasteiger partial charge on any atom is 0.341 e. The van der Waals surface area contributed by atoms with Gasteiger partial charge in [-0.3, -0.25) is 4.79 Å². The van der Waals surface area contributed by atoms with Crippen molar-refractivity contribution in [1.82, 2.24) is 4.57 Å². The molecule has 0 aliphatic heterocycles. The first-order valence-electron chi connectivity index (χ1n) is 4.54. The SMILES string of the molecule is Cn1c(=O)c(C(=O)O)cc2cccc(F)c21. The van der Waals surface area contributed by atoms with Gasteiger partial charge in [0.2, 0.25) is 0 Å². The Morgan fingerprint density at radius 3 is 2.75 bits per heavy atom. The predicted molar refractivity (Wildman–Crippen MR) is 56.1 cm³/mol. The van der Waals surface area contributed by atoms with Gasteiger partial charge in [-0.15, -0.1) is 0 Å². The third-order valence-electron chi connectivity index (χ3n) is 2.42. The zero-order valence-corrected chi connectivity index (χ0v) is 8.40. The number of aromatic nitrogens is 1. The molecule has 0 spiro atoms. The minimum atomic E-state index is -1.31. The van der Waals surface area contributed by atoms with E-state index in [0.29, 0.717) is 5.39 Å². The molecule has 2 rings (SSSR count). The molecule has 0 unspecified atom stereocenters. The standard InChI is InChI=1S/C11H8FNO3/c1-13-9-6(3-2-4-8(9)12)5-7(10(13)14)11(15)16/h2-5H,1H3,(H,15,16). The summed E-state index contributed by atoms with van der Waals surface area (Å²) in [5, 5.41) is 9.20. The third kappa shape index (κ3) is 1.37. The van der Waals surface area contributed by atoms with Crippen LogP contribution in [0, 0.1) is 5.82 Å². The van der Waals surface area contributed by atoms with Crippen molar-refractivity contribution in [1.29, 1.82) is 0 Å². The van der Waals surface area contributed by atoms with Gasteiger partial charge in [-0.25, -0.2) is 9.18 Å². The fraction of sp³-hybridized carbons (Fsp3) is 0.0909. The number of hydrogen-bond acceptors (Lipinski definition) is 2. The molecule has 1 aromatic carbocycles. The lowest BCUT2D eigenvalue weighted by Gasteiger charge is -2.06. The minimum absolute atomic E-state index is 0.109. The van der Waals surface area contributed by atoms with E-state index < -0.39 is 17.3 Å². The summed E-state index contributed by atoms with van der Waals surface area (Å²) in [4.78, 5) is 22.4. The van der Waals surface area contributed by atoms with Crippen LogP contribution in [-0.2, 0) is 7.05 Å². The first kappa shape index (κ1) is 10.4. The molecule has 0 fully saturated rings. The van der Waals surface area contributed by atoms with Crippen LogP contribution in [0.3, 0.4) is 0 Å². The number of carboxylic acid groups (broad SMARTS) is 1. The van der Waals surface area contributed by atoms with Crippen molar-refractivity contribution in [2.75, 3.05) is 0 Å². The zero-order valence-electron chi connectivity index (χ0n) is 8.40. The van der Waals surface area contributed by atoms with Crippen molar-refractivity contribution < 1.29 is 14.3 Å². The summed E-state index contributed by atoms with van der Waals surface area (Å²) in [6, 6.07) is 5.43. The highest BCUT2D eigenvalue weighted by Crippen LogP contribution is 2.16. The highest BCUT2D eigenvalue weighted by molar-refractivity contribution is 5.92. The average Bonchev–Trinajstić information content (AvgIpc) is 2.22. The topological polar surface area (TPSA) is 59.3 Å². The van der Waals surface area contributed by atoms with Crippen molar-refractivity contribution >= 4 is 16.9 Å². The monoisotopic (exact) mass is 221 g/mol. The van der Waals surface area contributed by atoms with Crippen molar-refractivity contribution in [2.45, 2.75) is 0 Å². The number of rotatable bonds is 1. The van der Waals surface area contributed by atoms with E-state index in [4.69, 9.17) is 5.11 Å². The maximum absolute atomic E-state index is 13.5. The van der Waals surface area contributed by atoms with Crippen LogP contribution in [0.25, 0.3) is 10.9 Å². The van der Waals surface area contributed by atoms with Gasteiger partial charge in [-0.05, 0) is 12.1 Å². The van der Waals surface area contributed by atoms with Gasteiger partial charge in [-0.1, -0.05) is 12.1 Å². The Hall–Kier alpha value is -2.17. The van der Waals surface area contributed by atoms with E-state index >= 15 is 0 Å². The number of aromatic carboxylic acids is 1. The van der Waals surface area contributed by atoms with Crippen LogP contribution in [0.5, 0.6) is 0 Å². The van der Waals surface area contributed by atoms with E-state index in [1.54, 1.807) is 6.07 Å². The van der Waals surface area contributed by atoms with Crippen LogP contribution >= 0.6 is 0 Å². The van der Waals surface area contributed by atoms with E-state index in [-0.39, 0.29) is 11.1 Å². The molecule has 82 valence electrons. The Bertz CT molecular complexity index is 645. The van der Waals surface area contributed by atoms with E-state index in [0.717, 1.165) is 4.57 Å². The van der Waals surface area contributed by atoms with Crippen LogP contribution in [0.2, 0.25) is 0 Å². The molecule has 0 atom stereocenters. The van der Waals surface area contributed by atoms with Crippen LogP contribution in [-0.4, -0.2) is 15.6 Å². The minimum Gasteiger partial charge on any atom is -0.477 e. The molecule has 0 aliphatic carbocycles. The van der Waals surface area contributed by atoms with Crippen molar-refractivity contribution in [3.63, 3.8) is 0 Å². The summed E-state index contributed by atoms with van der Waals surface area (Å²) in [5.74, 6) is -1.86. The molecule has 0 amide bonds. The summed E-state index contributed by atoms with van der Waals surface area (Å²) in [6.07, 6.45) is 0. The van der Waals surface area contributed by atoms with Gasteiger partial charge in [0.25, 0.3) is 5.56 Å². The molecule has 5 heteroatoms. The lowest BCUT2D eigenvalue weighted by Crippen LogP contribution is -2.24. The Morgan fingerprint density at radius 1 is 1.44 bits per heavy atom. The molecular weight excluding hydrogens is 213 g/mol. The molecule has 1 heterocycles. The second kappa shape index (κ2) is 3.44. The molecule has 1 N–H and O–H groups in total. The number of aryl methyl sites for hydroxylation is 1. The summed E-state index contributed by atoms with van der Waals surface area (Å²) in [6.45, 7) is 0. The second-order valence-electron chi connectivity index (χ2n) is 3.41. The van der Waals surface area contributed by atoms with Crippen molar-refractivity contribution in [2.24, 2.45) is 7.05 Å². The number of pyridine rings is 1. The van der Waals surface area contributed by atoms with E-state index in [1.165, 1.54) is 25.2 Å². The summed E-state index contributed by atoms with van der Waals surface area (Å²) >= 11 is 0. The number of carboxylic acids is 1. The van der Waals surface area contributed by atoms with Crippen molar-refractivity contribution in [3.05, 3.63) is 46.0 Å². The van der Waals surface area contributed by atoms with E-state index in [9.17, 15) is 14.0 Å². The van der Waals surface area contributed by atoms with Gasteiger partial charge in [0.05, 0.1) is 5.52 Å². The quantitative estimate of drug-likeness (QED) is 0.791. The summed E-state index contributed by atoms with van der Waals surface area (Å²) in [5.41, 5.74) is -0.969. The molecule has 0 radical (unpaired) electrons. The normalized spacial score (nSPS) is 10.6. The molecule has 2 aromatic rings. The van der Waals surface area contributed by atoms with Gasteiger partial charge in [0.15, 0.2) is 0 Å². The molecule has 0 bridgehead atoms. The van der Waals surface area contributed by atoms with Crippen LogP contribution in [0.1, 0.15) is 10.4 Å². The Labute approximate surface area is 89.6 Å². The first-order valence-corrected chi connectivity index (χ1v) is 4.54. The van der Waals surface area contributed by atoms with Gasteiger partial charge < -0.3 is 9.67 Å². The largest absolute Gasteiger partial charge is 0.477 e. The second-order valence-corrected chi connectivity index (χ2v) is 3.41. The molecule has 1 aromatic heterocycles. The predicted octanol–water partition coefficient (Wildman–Crippen LogP) is 1.38. The number of halogens is 1. The first-order chi connectivity index (χ1) is 7.52. The average molecular weight is 221 g/mol. The third-order valence-corrected chi connectivity index (χ3v) is 2.42. The van der Waals surface area contributed by atoms with Crippen molar-refractivity contribution in [3.8, 4) is 0 Å². The van der Waals surface area contributed by atoms with Gasteiger partial charge in [0, 0.05) is 12.4 Å². The van der Waals surface area contributed by atoms with E-state index in [1.807, 2.05) is 0 Å². The van der Waals surface area contributed by atoms with Crippen LogP contribution < -0.4 is 5.56 Å². The lowest BCUT2D eigenvalue weighted by atomic mass is 10.1.